The first kappa shape index (κ1) is 9.10. The average Bonchev–Trinajstić information content (AvgIpc) is 2.48. The molecule has 0 aliphatic heterocycles. The van der Waals surface area contributed by atoms with Gasteiger partial charge in [-0.2, -0.15) is 5.10 Å². The number of aryl methyl sites for hydroxylation is 1. The van der Waals surface area contributed by atoms with Gasteiger partial charge >= 0.3 is 0 Å². The lowest BCUT2D eigenvalue weighted by molar-refractivity contribution is 0.659. The molecular weight excluding hydrogens is 150 g/mol. The molecule has 0 fully saturated rings. The van der Waals surface area contributed by atoms with E-state index >= 15 is 0 Å². The Labute approximate surface area is 73.8 Å². The Morgan fingerprint density at radius 3 is 2.83 bits per heavy atom. The molecule has 0 saturated heterocycles. The van der Waals surface area contributed by atoms with Crippen molar-refractivity contribution in [2.75, 3.05) is 11.9 Å². The molecule has 68 valence electrons. The first-order valence-electron chi connectivity index (χ1n) is 4.48. The SMILES string of the molecule is CCn1cc(NCC(C)C)cn1. The van der Waals surface area contributed by atoms with Crippen LogP contribution in [0.5, 0.6) is 0 Å². The molecule has 1 N–H and O–H groups in total. The number of aromatic nitrogens is 2. The Balaban J connectivity index is 2.41. The number of rotatable bonds is 4. The summed E-state index contributed by atoms with van der Waals surface area (Å²) in [7, 11) is 0. The van der Waals surface area contributed by atoms with Gasteiger partial charge in [-0.25, -0.2) is 0 Å². The molecule has 1 aromatic heterocycles. The minimum absolute atomic E-state index is 0.676. The highest BCUT2D eigenvalue weighted by atomic mass is 15.3. The van der Waals surface area contributed by atoms with Crippen molar-refractivity contribution in [3.8, 4) is 0 Å². The third kappa shape index (κ3) is 2.57. The van der Waals surface area contributed by atoms with Gasteiger partial charge in [0, 0.05) is 19.3 Å². The largest absolute Gasteiger partial charge is 0.382 e. The third-order valence-electron chi connectivity index (χ3n) is 1.67. The minimum atomic E-state index is 0.676. The monoisotopic (exact) mass is 167 g/mol. The lowest BCUT2D eigenvalue weighted by Crippen LogP contribution is -2.07. The zero-order valence-electron chi connectivity index (χ0n) is 8.04. The second kappa shape index (κ2) is 4.14. The summed E-state index contributed by atoms with van der Waals surface area (Å²) in [5, 5.41) is 7.48. The summed E-state index contributed by atoms with van der Waals surface area (Å²) >= 11 is 0. The molecule has 3 nitrogen and oxygen atoms in total. The molecule has 0 bridgehead atoms. The van der Waals surface area contributed by atoms with E-state index in [9.17, 15) is 0 Å². The van der Waals surface area contributed by atoms with E-state index in [0.717, 1.165) is 18.8 Å². The minimum Gasteiger partial charge on any atom is -0.382 e. The van der Waals surface area contributed by atoms with E-state index < -0.39 is 0 Å². The Morgan fingerprint density at radius 1 is 1.58 bits per heavy atom. The van der Waals surface area contributed by atoms with Gasteiger partial charge < -0.3 is 5.32 Å². The van der Waals surface area contributed by atoms with Gasteiger partial charge in [0.1, 0.15) is 0 Å². The first-order chi connectivity index (χ1) is 5.72. The van der Waals surface area contributed by atoms with Crippen LogP contribution in [0.25, 0.3) is 0 Å². The molecule has 1 aromatic rings. The number of hydrogen-bond donors (Lipinski definition) is 1. The van der Waals surface area contributed by atoms with Crippen LogP contribution in [0, 0.1) is 5.92 Å². The molecule has 3 heteroatoms. The summed E-state index contributed by atoms with van der Waals surface area (Å²) in [5.74, 6) is 0.676. The molecule has 0 amide bonds. The van der Waals surface area contributed by atoms with Crippen molar-refractivity contribution in [1.29, 1.82) is 0 Å². The van der Waals surface area contributed by atoms with E-state index in [0.29, 0.717) is 5.92 Å². The maximum absolute atomic E-state index is 4.17. The maximum atomic E-state index is 4.17. The van der Waals surface area contributed by atoms with Crippen LogP contribution in [0.15, 0.2) is 12.4 Å². The molecule has 0 radical (unpaired) electrons. The summed E-state index contributed by atoms with van der Waals surface area (Å²) < 4.78 is 1.92. The fraction of sp³-hybridized carbons (Fsp3) is 0.667. The van der Waals surface area contributed by atoms with Crippen LogP contribution in [0.2, 0.25) is 0 Å². The van der Waals surface area contributed by atoms with Crippen molar-refractivity contribution < 1.29 is 0 Å². The molecule has 0 aliphatic rings. The van der Waals surface area contributed by atoms with Crippen LogP contribution in [-0.2, 0) is 6.54 Å². The van der Waals surface area contributed by atoms with Gasteiger partial charge in [-0.1, -0.05) is 13.8 Å². The average molecular weight is 167 g/mol. The highest BCUT2D eigenvalue weighted by molar-refractivity contribution is 5.37. The molecule has 0 aliphatic carbocycles. The highest BCUT2D eigenvalue weighted by Gasteiger charge is 1.97. The van der Waals surface area contributed by atoms with E-state index in [1.807, 2.05) is 17.1 Å². The second-order valence-electron chi connectivity index (χ2n) is 3.36. The topological polar surface area (TPSA) is 29.9 Å². The Hall–Kier alpha value is -0.990. The predicted molar refractivity (Wildman–Crippen MR) is 51.2 cm³/mol. The van der Waals surface area contributed by atoms with Crippen molar-refractivity contribution >= 4 is 5.69 Å². The van der Waals surface area contributed by atoms with Gasteiger partial charge in [0.2, 0.25) is 0 Å². The molecule has 0 unspecified atom stereocenters. The molecule has 0 atom stereocenters. The summed E-state index contributed by atoms with van der Waals surface area (Å²) in [4.78, 5) is 0. The normalized spacial score (nSPS) is 10.7. The van der Waals surface area contributed by atoms with E-state index in [2.05, 4.69) is 31.2 Å². The zero-order valence-corrected chi connectivity index (χ0v) is 8.04. The number of nitrogens with zero attached hydrogens (tertiary/aromatic N) is 2. The van der Waals surface area contributed by atoms with E-state index in [1.54, 1.807) is 0 Å². The van der Waals surface area contributed by atoms with Crippen LogP contribution in [0.4, 0.5) is 5.69 Å². The van der Waals surface area contributed by atoms with Crippen LogP contribution in [0.3, 0.4) is 0 Å². The lowest BCUT2D eigenvalue weighted by Gasteiger charge is -2.05. The third-order valence-corrected chi connectivity index (χ3v) is 1.67. The van der Waals surface area contributed by atoms with Crippen molar-refractivity contribution in [1.82, 2.24) is 9.78 Å². The van der Waals surface area contributed by atoms with Gasteiger partial charge in [-0.3, -0.25) is 4.68 Å². The van der Waals surface area contributed by atoms with Crippen LogP contribution in [0.1, 0.15) is 20.8 Å². The summed E-state index contributed by atoms with van der Waals surface area (Å²) in [5.41, 5.74) is 1.12. The number of nitrogens with one attached hydrogen (secondary N) is 1. The number of anilines is 1. The molecule has 0 aromatic carbocycles. The van der Waals surface area contributed by atoms with Crippen molar-refractivity contribution in [2.24, 2.45) is 5.92 Å². The van der Waals surface area contributed by atoms with Gasteiger partial charge in [0.15, 0.2) is 0 Å². The summed E-state index contributed by atoms with van der Waals surface area (Å²) in [6.07, 6.45) is 3.90. The van der Waals surface area contributed by atoms with Crippen LogP contribution >= 0.6 is 0 Å². The predicted octanol–water partition coefficient (Wildman–Crippen LogP) is 1.97. The fourth-order valence-corrected chi connectivity index (χ4v) is 0.950. The van der Waals surface area contributed by atoms with Gasteiger partial charge in [0.05, 0.1) is 11.9 Å². The van der Waals surface area contributed by atoms with Crippen molar-refractivity contribution in [3.05, 3.63) is 12.4 Å². The lowest BCUT2D eigenvalue weighted by atomic mass is 10.2. The van der Waals surface area contributed by atoms with E-state index in [-0.39, 0.29) is 0 Å². The molecule has 0 spiro atoms. The quantitative estimate of drug-likeness (QED) is 0.743. The number of hydrogen-bond acceptors (Lipinski definition) is 2. The molecule has 1 heterocycles. The molecule has 12 heavy (non-hydrogen) atoms. The second-order valence-corrected chi connectivity index (χ2v) is 3.36. The summed E-state index contributed by atoms with van der Waals surface area (Å²) in [6.45, 7) is 8.41. The van der Waals surface area contributed by atoms with E-state index in [4.69, 9.17) is 0 Å². The first-order valence-corrected chi connectivity index (χ1v) is 4.48. The standard InChI is InChI=1S/C9H17N3/c1-4-12-7-9(6-11-12)10-5-8(2)3/h6-8,10H,4-5H2,1-3H3. The highest BCUT2D eigenvalue weighted by Crippen LogP contribution is 2.05. The summed E-state index contributed by atoms with van der Waals surface area (Å²) in [6, 6.07) is 0. The van der Waals surface area contributed by atoms with Crippen molar-refractivity contribution in [2.45, 2.75) is 27.3 Å². The van der Waals surface area contributed by atoms with Gasteiger partial charge in [0.25, 0.3) is 0 Å². The van der Waals surface area contributed by atoms with Crippen LogP contribution < -0.4 is 5.32 Å². The van der Waals surface area contributed by atoms with E-state index in [1.165, 1.54) is 0 Å². The van der Waals surface area contributed by atoms with Crippen LogP contribution in [-0.4, -0.2) is 16.3 Å². The Kier molecular flexibility index (Phi) is 3.14. The van der Waals surface area contributed by atoms with Gasteiger partial charge in [-0.05, 0) is 12.8 Å². The Bertz CT molecular complexity index is 227. The smallest absolute Gasteiger partial charge is 0.0726 e. The van der Waals surface area contributed by atoms with Crippen molar-refractivity contribution in [3.63, 3.8) is 0 Å². The molecule has 1 rings (SSSR count). The van der Waals surface area contributed by atoms with Gasteiger partial charge in [-0.15, -0.1) is 0 Å². The molecular formula is C9H17N3. The maximum Gasteiger partial charge on any atom is 0.0726 e. The molecule has 0 saturated carbocycles. The zero-order chi connectivity index (χ0) is 8.97. The fourth-order valence-electron chi connectivity index (χ4n) is 0.950. The Morgan fingerprint density at radius 2 is 2.33 bits per heavy atom.